The van der Waals surface area contributed by atoms with Crippen LogP contribution < -0.4 is 4.74 Å². The lowest BCUT2D eigenvalue weighted by molar-refractivity contribution is 0.147. The van der Waals surface area contributed by atoms with Crippen molar-refractivity contribution < 1.29 is 18.6 Å². The van der Waals surface area contributed by atoms with Gasteiger partial charge in [-0.05, 0) is 15.9 Å². The van der Waals surface area contributed by atoms with Crippen molar-refractivity contribution in [3.8, 4) is 5.75 Å². The highest BCUT2D eigenvalue weighted by Crippen LogP contribution is 2.24. The molecule has 0 fully saturated rings. The molecule has 0 aliphatic rings. The molecule has 1 heterocycles. The van der Waals surface area contributed by atoms with E-state index in [0.717, 1.165) is 18.2 Å². The number of rotatable bonds is 5. The van der Waals surface area contributed by atoms with Gasteiger partial charge >= 0.3 is 0 Å². The molecule has 1 aromatic carbocycles. The third-order valence-corrected chi connectivity index (χ3v) is 2.64. The minimum Gasteiger partial charge on any atom is -0.482 e. The first-order valence-electron chi connectivity index (χ1n) is 5.40. The van der Waals surface area contributed by atoms with E-state index in [1.165, 1.54) is 0 Å². The normalized spacial score (nSPS) is 12.4. The molecule has 0 bridgehead atoms. The van der Waals surface area contributed by atoms with Crippen molar-refractivity contribution in [3.63, 3.8) is 0 Å². The third kappa shape index (κ3) is 3.71. The fourth-order valence-corrected chi connectivity index (χ4v) is 1.81. The van der Waals surface area contributed by atoms with Crippen molar-refractivity contribution >= 4 is 15.9 Å². The molecule has 0 spiro atoms. The van der Waals surface area contributed by atoms with E-state index >= 15 is 0 Å². The summed E-state index contributed by atoms with van der Waals surface area (Å²) in [7, 11) is 0. The quantitative estimate of drug-likeness (QED) is 0.881. The molecular weight excluding hydrogens is 324 g/mol. The molecule has 5 nitrogen and oxygen atoms in total. The number of nitrogens with one attached hydrogen (secondary N) is 1. The first-order chi connectivity index (χ1) is 9.08. The Morgan fingerprint density at radius 1 is 1.32 bits per heavy atom. The van der Waals surface area contributed by atoms with Crippen LogP contribution in [0.1, 0.15) is 18.3 Å². The second-order valence-corrected chi connectivity index (χ2v) is 4.42. The number of aliphatic hydroxyl groups is 1. The Morgan fingerprint density at radius 3 is 2.53 bits per heavy atom. The molecule has 2 rings (SSSR count). The highest BCUT2D eigenvalue weighted by Gasteiger charge is 2.18. The monoisotopic (exact) mass is 333 g/mol. The summed E-state index contributed by atoms with van der Waals surface area (Å²) in [6, 6.07) is 2.86. The van der Waals surface area contributed by atoms with Gasteiger partial charge in [-0.3, -0.25) is 5.10 Å². The summed E-state index contributed by atoms with van der Waals surface area (Å²) in [5.41, 5.74) is 0. The number of ether oxygens (including phenoxy) is 1. The lowest BCUT2D eigenvalue weighted by Crippen LogP contribution is -2.11. The Hall–Kier alpha value is -1.54. The molecule has 102 valence electrons. The molecule has 19 heavy (non-hydrogen) atoms. The summed E-state index contributed by atoms with van der Waals surface area (Å²) in [6.07, 6.45) is -0.468. The van der Waals surface area contributed by atoms with Crippen LogP contribution in [0.5, 0.6) is 5.75 Å². The fourth-order valence-electron chi connectivity index (χ4n) is 1.53. The van der Waals surface area contributed by atoms with E-state index in [0.29, 0.717) is 10.6 Å². The maximum atomic E-state index is 13.1. The van der Waals surface area contributed by atoms with Crippen LogP contribution in [0.3, 0.4) is 0 Å². The number of hydrogen-bond donors (Lipinski definition) is 2. The van der Waals surface area contributed by atoms with Gasteiger partial charge in [-0.1, -0.05) is 0 Å². The van der Waals surface area contributed by atoms with Gasteiger partial charge in [0.25, 0.3) is 0 Å². The summed E-state index contributed by atoms with van der Waals surface area (Å²) in [6.45, 7) is -0.166. The molecule has 0 amide bonds. The zero-order valence-corrected chi connectivity index (χ0v) is 11.2. The van der Waals surface area contributed by atoms with E-state index in [4.69, 9.17) is 9.84 Å². The SMILES string of the molecule is OCCC(Oc1cc(F)cc(F)c1)c1nc(Br)n[nH]1. The Labute approximate surface area is 115 Å². The molecule has 1 atom stereocenters. The molecule has 0 radical (unpaired) electrons. The van der Waals surface area contributed by atoms with Gasteiger partial charge in [0, 0.05) is 31.2 Å². The van der Waals surface area contributed by atoms with Gasteiger partial charge in [0.15, 0.2) is 11.9 Å². The second-order valence-electron chi connectivity index (χ2n) is 3.71. The van der Waals surface area contributed by atoms with E-state index in [2.05, 4.69) is 31.1 Å². The smallest absolute Gasteiger partial charge is 0.217 e. The number of aromatic amines is 1. The summed E-state index contributed by atoms with van der Waals surface area (Å²) in [5.74, 6) is -1.11. The van der Waals surface area contributed by atoms with Crippen molar-refractivity contribution in [1.29, 1.82) is 0 Å². The van der Waals surface area contributed by atoms with Crippen LogP contribution in [-0.4, -0.2) is 26.9 Å². The highest BCUT2D eigenvalue weighted by molar-refractivity contribution is 9.10. The van der Waals surface area contributed by atoms with E-state index in [1.54, 1.807) is 0 Å². The standard InChI is InChI=1S/C11H10BrF2N3O2/c12-11-15-10(16-17-11)9(1-2-18)19-8-4-6(13)3-7(14)5-8/h3-5,9,18H,1-2H2,(H,15,16,17). The van der Waals surface area contributed by atoms with Crippen molar-refractivity contribution in [2.45, 2.75) is 12.5 Å². The molecule has 0 aliphatic carbocycles. The van der Waals surface area contributed by atoms with E-state index in [9.17, 15) is 8.78 Å². The van der Waals surface area contributed by atoms with Gasteiger partial charge in [0.1, 0.15) is 17.4 Å². The fraction of sp³-hybridized carbons (Fsp3) is 0.273. The predicted molar refractivity (Wildman–Crippen MR) is 65.5 cm³/mol. The highest BCUT2D eigenvalue weighted by atomic mass is 79.9. The minimum atomic E-state index is -0.739. The summed E-state index contributed by atoms with van der Waals surface area (Å²) in [4.78, 5) is 4.00. The number of nitrogens with zero attached hydrogens (tertiary/aromatic N) is 2. The van der Waals surface area contributed by atoms with Gasteiger partial charge in [-0.2, -0.15) is 0 Å². The summed E-state index contributed by atoms with van der Waals surface area (Å²) in [5, 5.41) is 15.4. The van der Waals surface area contributed by atoms with Gasteiger partial charge in [-0.25, -0.2) is 13.8 Å². The molecule has 0 saturated carbocycles. The Bertz CT molecular complexity index is 544. The van der Waals surface area contributed by atoms with E-state index < -0.39 is 17.7 Å². The van der Waals surface area contributed by atoms with Crippen molar-refractivity contribution in [2.75, 3.05) is 6.61 Å². The predicted octanol–water partition coefficient (Wildman–Crippen LogP) is 2.35. The zero-order chi connectivity index (χ0) is 13.8. The number of H-pyrrole nitrogens is 1. The van der Waals surface area contributed by atoms with Crippen molar-refractivity contribution in [1.82, 2.24) is 15.2 Å². The van der Waals surface area contributed by atoms with Crippen LogP contribution >= 0.6 is 15.9 Å². The van der Waals surface area contributed by atoms with Gasteiger partial charge in [0.2, 0.25) is 4.73 Å². The molecule has 1 unspecified atom stereocenters. The van der Waals surface area contributed by atoms with Crippen LogP contribution in [-0.2, 0) is 0 Å². The number of benzene rings is 1. The molecule has 0 aliphatic heterocycles. The Balaban J connectivity index is 2.20. The first-order valence-corrected chi connectivity index (χ1v) is 6.19. The maximum absolute atomic E-state index is 13.1. The van der Waals surface area contributed by atoms with Crippen LogP contribution in [0.25, 0.3) is 0 Å². The van der Waals surface area contributed by atoms with Crippen LogP contribution in [0.4, 0.5) is 8.78 Å². The molecule has 2 N–H and O–H groups in total. The molecule has 1 aromatic heterocycles. The largest absolute Gasteiger partial charge is 0.482 e. The van der Waals surface area contributed by atoms with Gasteiger partial charge < -0.3 is 9.84 Å². The molecule has 0 saturated heterocycles. The van der Waals surface area contributed by atoms with E-state index in [1.807, 2.05) is 0 Å². The Kier molecular flexibility index (Phi) is 4.43. The third-order valence-electron chi connectivity index (χ3n) is 2.29. The lowest BCUT2D eigenvalue weighted by atomic mass is 10.2. The number of aromatic nitrogens is 3. The van der Waals surface area contributed by atoms with Crippen molar-refractivity contribution in [3.05, 3.63) is 40.4 Å². The minimum absolute atomic E-state index is 0.0171. The first kappa shape index (κ1) is 13.9. The number of hydrogen-bond acceptors (Lipinski definition) is 4. The summed E-state index contributed by atoms with van der Waals surface area (Å²) < 4.78 is 31.9. The van der Waals surface area contributed by atoms with Crippen LogP contribution in [0.2, 0.25) is 0 Å². The average Bonchev–Trinajstić information content (AvgIpc) is 2.74. The topological polar surface area (TPSA) is 71.0 Å². The van der Waals surface area contributed by atoms with Crippen LogP contribution in [0.15, 0.2) is 22.9 Å². The molecule has 8 heteroatoms. The van der Waals surface area contributed by atoms with Gasteiger partial charge in [0.05, 0.1) is 0 Å². The zero-order valence-electron chi connectivity index (χ0n) is 9.61. The Morgan fingerprint density at radius 2 is 2.00 bits per heavy atom. The van der Waals surface area contributed by atoms with Crippen LogP contribution in [0, 0.1) is 11.6 Å². The maximum Gasteiger partial charge on any atom is 0.217 e. The number of halogens is 3. The average molecular weight is 334 g/mol. The summed E-state index contributed by atoms with van der Waals surface area (Å²) >= 11 is 3.07. The number of aliphatic hydroxyl groups excluding tert-OH is 1. The van der Waals surface area contributed by atoms with Crippen molar-refractivity contribution in [2.24, 2.45) is 0 Å². The lowest BCUT2D eigenvalue weighted by Gasteiger charge is -2.15. The second kappa shape index (κ2) is 6.07. The van der Waals surface area contributed by atoms with Gasteiger partial charge in [-0.15, -0.1) is 5.10 Å². The van der Waals surface area contributed by atoms with E-state index in [-0.39, 0.29) is 18.8 Å². The molecular formula is C11H10BrF2N3O2. The molecule has 2 aromatic rings.